The van der Waals surface area contributed by atoms with E-state index in [4.69, 9.17) is 10.5 Å². The Kier molecular flexibility index (Phi) is 8.21. The molecule has 0 saturated carbocycles. The molecular weight excluding hydrogens is 463 g/mol. The molecule has 1 aromatic heterocycles. The predicted molar refractivity (Wildman–Crippen MR) is 108 cm³/mol. The molecular formula is C18H21F4N2O5PS. The van der Waals surface area contributed by atoms with Crippen LogP contribution in [0.1, 0.15) is 41.4 Å². The van der Waals surface area contributed by atoms with Gasteiger partial charge in [-0.05, 0) is 42.5 Å². The number of esters is 1. The van der Waals surface area contributed by atoms with Crippen molar-refractivity contribution in [2.45, 2.75) is 38.4 Å². The molecule has 1 unspecified atom stereocenters. The number of benzene rings is 1. The number of ether oxygens (including phenoxy) is 1. The molecule has 0 bridgehead atoms. The first kappa shape index (κ1) is 25.3. The van der Waals surface area contributed by atoms with Gasteiger partial charge in [-0.1, -0.05) is 13.0 Å². The van der Waals surface area contributed by atoms with Crippen LogP contribution in [0.4, 0.5) is 17.6 Å². The molecule has 31 heavy (non-hydrogen) atoms. The summed E-state index contributed by atoms with van der Waals surface area (Å²) < 4.78 is 76.3. The zero-order chi connectivity index (χ0) is 23.4. The molecule has 3 N–H and O–H groups in total. The van der Waals surface area contributed by atoms with Gasteiger partial charge in [0, 0.05) is 4.70 Å². The number of nitrogens with one attached hydrogen (secondary N) is 1. The van der Waals surface area contributed by atoms with E-state index in [1.54, 1.807) is 6.92 Å². The van der Waals surface area contributed by atoms with Gasteiger partial charge in [-0.25, -0.2) is 9.48 Å². The highest BCUT2D eigenvalue weighted by atomic mass is 32.1. The lowest BCUT2D eigenvalue weighted by Gasteiger charge is -2.26. The Bertz CT molecular complexity index is 997. The van der Waals surface area contributed by atoms with Crippen LogP contribution in [0.25, 0.3) is 10.1 Å². The fourth-order valence-electron chi connectivity index (χ4n) is 2.52. The molecule has 0 aliphatic heterocycles. The molecule has 7 nitrogen and oxygen atoms in total. The molecule has 0 radical (unpaired) electrons. The zero-order valence-corrected chi connectivity index (χ0v) is 18.3. The van der Waals surface area contributed by atoms with Crippen LogP contribution in [0.5, 0.6) is 0 Å². The maximum Gasteiger partial charge on any atom is 0.412 e. The van der Waals surface area contributed by atoms with Gasteiger partial charge in [0.2, 0.25) is 5.91 Å². The number of fused-ring (bicyclic) bond motifs is 1. The maximum absolute atomic E-state index is 15.3. The first-order valence-electron chi connectivity index (χ1n) is 9.09. The summed E-state index contributed by atoms with van der Waals surface area (Å²) in [5.41, 5.74) is 4.96. The fourth-order valence-corrected chi connectivity index (χ4v) is 5.28. The van der Waals surface area contributed by atoms with Gasteiger partial charge in [-0.3, -0.25) is 14.2 Å². The average molecular weight is 484 g/mol. The lowest BCUT2D eigenvalue weighted by atomic mass is 10.2. The topological polar surface area (TPSA) is 108 Å². The predicted octanol–water partition coefficient (Wildman–Crippen LogP) is 4.67. The number of halogens is 4. The smallest absolute Gasteiger partial charge is 0.412 e. The Balaban J connectivity index is 2.35. The molecule has 172 valence electrons. The zero-order valence-electron chi connectivity index (χ0n) is 16.6. The van der Waals surface area contributed by atoms with Crippen molar-refractivity contribution in [3.63, 3.8) is 0 Å². The first-order chi connectivity index (χ1) is 14.4. The second-order valence-corrected chi connectivity index (χ2v) is 9.86. The van der Waals surface area contributed by atoms with Gasteiger partial charge in [-0.2, -0.15) is 13.2 Å². The van der Waals surface area contributed by atoms with Crippen molar-refractivity contribution >= 4 is 40.8 Å². The van der Waals surface area contributed by atoms with Crippen molar-refractivity contribution in [3.05, 3.63) is 34.7 Å². The summed E-state index contributed by atoms with van der Waals surface area (Å²) in [5.74, 6) is -4.14. The SMILES string of the molecule is CCCOC(=O)[C@H](C)NP(=O)(OCC(F)(F)F)[C@H](F)c1ccc2sc(C(N)=O)cc2c1. The van der Waals surface area contributed by atoms with E-state index in [2.05, 4.69) is 9.61 Å². The van der Waals surface area contributed by atoms with E-state index in [1.165, 1.54) is 31.2 Å². The van der Waals surface area contributed by atoms with E-state index in [1.807, 2.05) is 0 Å². The molecule has 3 atom stereocenters. The summed E-state index contributed by atoms with van der Waals surface area (Å²) in [5, 5.41) is 2.44. The number of hydrogen-bond donors (Lipinski definition) is 2. The van der Waals surface area contributed by atoms with E-state index < -0.39 is 44.1 Å². The molecule has 1 heterocycles. The normalized spacial score (nSPS) is 15.9. The Morgan fingerprint density at radius 2 is 1.97 bits per heavy atom. The molecule has 13 heteroatoms. The minimum Gasteiger partial charge on any atom is -0.465 e. The first-order valence-corrected chi connectivity index (χ1v) is 11.6. The standard InChI is InChI=1S/C18H21F4N2O5PS/c1-3-6-28-17(26)10(2)24-30(27,29-9-18(20,21)22)15(19)11-4-5-13-12(7-11)8-14(31-13)16(23)25/h4-5,7-8,10,15H,3,6,9H2,1-2H3,(H2,23,25)(H,24,27)/t10-,15-,30?/m0/s1. The van der Waals surface area contributed by atoms with Crippen LogP contribution in [0.3, 0.4) is 0 Å². The van der Waals surface area contributed by atoms with E-state index in [0.29, 0.717) is 16.5 Å². The van der Waals surface area contributed by atoms with Crippen LogP contribution in [-0.2, 0) is 18.6 Å². The number of nitrogens with two attached hydrogens (primary N) is 1. The molecule has 1 amide bonds. The number of hydrogen-bond acceptors (Lipinski definition) is 6. The number of carbonyl (C=O) groups excluding carboxylic acids is 2. The van der Waals surface area contributed by atoms with Crippen LogP contribution in [0.15, 0.2) is 24.3 Å². The van der Waals surface area contributed by atoms with Crippen LogP contribution in [-0.4, -0.2) is 37.3 Å². The lowest BCUT2D eigenvalue weighted by molar-refractivity contribution is -0.154. The largest absolute Gasteiger partial charge is 0.465 e. The van der Waals surface area contributed by atoms with Crippen LogP contribution in [0.2, 0.25) is 0 Å². The third-order valence-electron chi connectivity index (χ3n) is 3.95. The van der Waals surface area contributed by atoms with E-state index in [0.717, 1.165) is 11.3 Å². The monoisotopic (exact) mass is 484 g/mol. The minimum atomic E-state index is -4.89. The third kappa shape index (κ3) is 6.73. The lowest BCUT2D eigenvalue weighted by Crippen LogP contribution is -2.35. The van der Waals surface area contributed by atoms with Gasteiger partial charge in [0.25, 0.3) is 5.91 Å². The molecule has 0 aliphatic rings. The van der Waals surface area contributed by atoms with Crippen molar-refractivity contribution in [1.82, 2.24) is 5.09 Å². The van der Waals surface area contributed by atoms with Gasteiger partial charge in [-0.15, -0.1) is 11.3 Å². The third-order valence-corrected chi connectivity index (χ3v) is 7.24. The Hall–Kier alpha value is -2.01. The highest BCUT2D eigenvalue weighted by Gasteiger charge is 2.42. The number of alkyl halides is 4. The Morgan fingerprint density at radius 1 is 1.29 bits per heavy atom. The van der Waals surface area contributed by atoms with Gasteiger partial charge in [0.15, 0.2) is 6.61 Å². The van der Waals surface area contributed by atoms with E-state index in [-0.39, 0.29) is 17.0 Å². The van der Waals surface area contributed by atoms with Crippen molar-refractivity contribution in [2.75, 3.05) is 13.2 Å². The number of primary amides is 1. The van der Waals surface area contributed by atoms with E-state index in [9.17, 15) is 27.3 Å². The number of amides is 1. The maximum atomic E-state index is 15.3. The highest BCUT2D eigenvalue weighted by Crippen LogP contribution is 2.58. The van der Waals surface area contributed by atoms with Gasteiger partial charge < -0.3 is 15.0 Å². The minimum absolute atomic E-state index is 0.0363. The average Bonchev–Trinajstić information content (AvgIpc) is 3.13. The molecule has 0 saturated heterocycles. The van der Waals surface area contributed by atoms with Crippen LogP contribution in [0, 0.1) is 0 Å². The molecule has 2 aromatic rings. The number of carbonyl (C=O) groups is 2. The Morgan fingerprint density at radius 3 is 2.55 bits per heavy atom. The quantitative estimate of drug-likeness (QED) is 0.288. The highest BCUT2D eigenvalue weighted by molar-refractivity contribution is 7.57. The van der Waals surface area contributed by atoms with E-state index >= 15 is 4.39 Å². The van der Waals surface area contributed by atoms with Crippen molar-refractivity contribution < 1.29 is 41.0 Å². The summed E-state index contributed by atoms with van der Waals surface area (Å²) in [7, 11) is -4.89. The summed E-state index contributed by atoms with van der Waals surface area (Å²) in [6, 6.07) is 3.85. The summed E-state index contributed by atoms with van der Waals surface area (Å²) in [6.07, 6.45) is -4.39. The van der Waals surface area contributed by atoms with Crippen LogP contribution < -0.4 is 10.8 Å². The van der Waals surface area contributed by atoms with Gasteiger partial charge >= 0.3 is 19.7 Å². The van der Waals surface area contributed by atoms with Crippen molar-refractivity contribution in [3.8, 4) is 0 Å². The second-order valence-electron chi connectivity index (χ2n) is 6.61. The summed E-state index contributed by atoms with van der Waals surface area (Å²) in [6.45, 7) is 0.954. The molecule has 0 fully saturated rings. The molecule has 0 aliphatic carbocycles. The van der Waals surface area contributed by atoms with Gasteiger partial charge in [0.1, 0.15) is 6.04 Å². The Labute approximate surface area is 179 Å². The number of thiophene rings is 1. The molecule has 0 spiro atoms. The van der Waals surface area contributed by atoms with Gasteiger partial charge in [0.05, 0.1) is 11.5 Å². The summed E-state index contributed by atoms with van der Waals surface area (Å²) in [4.78, 5) is 23.5. The van der Waals surface area contributed by atoms with Crippen molar-refractivity contribution in [2.24, 2.45) is 5.73 Å². The fraction of sp³-hybridized carbons (Fsp3) is 0.444. The molecule has 2 rings (SSSR count). The second kappa shape index (κ2) is 10.1. The van der Waals surface area contributed by atoms with Crippen molar-refractivity contribution in [1.29, 1.82) is 0 Å². The molecule has 1 aromatic carbocycles. The summed E-state index contributed by atoms with van der Waals surface area (Å²) >= 11 is 1.05. The number of rotatable bonds is 10. The van der Waals surface area contributed by atoms with Crippen LogP contribution >= 0.6 is 18.9 Å².